The molecule has 0 saturated carbocycles. The molecule has 0 spiro atoms. The highest BCUT2D eigenvalue weighted by Gasteiger charge is 2.06. The van der Waals surface area contributed by atoms with Crippen molar-refractivity contribution in [3.63, 3.8) is 0 Å². The van der Waals surface area contributed by atoms with Gasteiger partial charge >= 0.3 is 0 Å². The molecule has 6 heteroatoms. The van der Waals surface area contributed by atoms with Gasteiger partial charge in [0.2, 0.25) is 0 Å². The van der Waals surface area contributed by atoms with E-state index >= 15 is 0 Å². The number of aromatic nitrogens is 4. The van der Waals surface area contributed by atoms with Crippen molar-refractivity contribution in [1.29, 1.82) is 0 Å². The normalized spacial score (nSPS) is 10.7. The van der Waals surface area contributed by atoms with Crippen LogP contribution in [-0.4, -0.2) is 20.2 Å². The lowest BCUT2D eigenvalue weighted by Crippen LogP contribution is -1.84. The monoisotopic (exact) mass is 302 g/mol. The molecule has 1 aromatic carbocycles. The Morgan fingerprint density at radius 1 is 1.05 bits per heavy atom. The fourth-order valence-electron chi connectivity index (χ4n) is 1.68. The van der Waals surface area contributed by atoms with E-state index in [1.807, 2.05) is 36.4 Å². The van der Waals surface area contributed by atoms with Gasteiger partial charge in [-0.15, -0.1) is 11.8 Å². The lowest BCUT2D eigenvalue weighted by atomic mass is 10.3. The third kappa shape index (κ3) is 3.18. The summed E-state index contributed by atoms with van der Waals surface area (Å²) in [5.74, 6) is 2.25. The van der Waals surface area contributed by atoms with Crippen molar-refractivity contribution in [3.8, 4) is 11.4 Å². The second-order valence-corrected chi connectivity index (χ2v) is 5.56. The predicted octanol–water partition coefficient (Wildman–Crippen LogP) is 3.81. The van der Waals surface area contributed by atoms with Crippen LogP contribution in [-0.2, 0) is 5.75 Å². The van der Waals surface area contributed by atoms with Crippen LogP contribution in [0.5, 0.6) is 0 Å². The minimum Gasteiger partial charge on any atom is -0.265 e. The van der Waals surface area contributed by atoms with Gasteiger partial charge in [0.25, 0.3) is 0 Å². The van der Waals surface area contributed by atoms with Crippen LogP contribution in [0, 0.1) is 0 Å². The van der Waals surface area contributed by atoms with Crippen molar-refractivity contribution in [3.05, 3.63) is 59.6 Å². The first-order valence-corrected chi connectivity index (χ1v) is 7.38. The Kier molecular flexibility index (Phi) is 3.99. The molecule has 3 rings (SSSR count). The Bertz CT molecular complexity index is 682. The summed E-state index contributed by atoms with van der Waals surface area (Å²) < 4.78 is 0. The molecule has 0 aliphatic heterocycles. The van der Waals surface area contributed by atoms with Gasteiger partial charge in [-0.3, -0.25) is 10.1 Å². The number of pyridine rings is 1. The molecular weight excluding hydrogens is 292 g/mol. The Morgan fingerprint density at radius 2 is 1.80 bits per heavy atom. The number of H-pyrrole nitrogens is 1. The maximum atomic E-state index is 5.86. The van der Waals surface area contributed by atoms with E-state index in [-0.39, 0.29) is 0 Å². The maximum absolute atomic E-state index is 5.86. The number of thioether (sulfide) groups is 1. The summed E-state index contributed by atoms with van der Waals surface area (Å²) in [4.78, 5) is 9.60. The average Bonchev–Trinajstić information content (AvgIpc) is 2.97. The van der Waals surface area contributed by atoms with Crippen molar-refractivity contribution >= 4 is 23.4 Å². The lowest BCUT2D eigenvalue weighted by Gasteiger charge is -1.98. The van der Waals surface area contributed by atoms with Crippen LogP contribution in [0.1, 0.15) is 5.82 Å². The number of nitrogens with zero attached hydrogens (tertiary/aromatic N) is 3. The predicted molar refractivity (Wildman–Crippen MR) is 80.6 cm³/mol. The molecule has 0 unspecified atom stereocenters. The highest BCUT2D eigenvalue weighted by molar-refractivity contribution is 7.98. The maximum Gasteiger partial charge on any atom is 0.161 e. The van der Waals surface area contributed by atoms with E-state index in [0.29, 0.717) is 5.75 Å². The Balaban J connectivity index is 1.67. The average molecular weight is 303 g/mol. The molecule has 3 aromatic rings. The summed E-state index contributed by atoms with van der Waals surface area (Å²) in [5, 5.41) is 7.91. The minimum atomic E-state index is 0.712. The van der Waals surface area contributed by atoms with Gasteiger partial charge in [-0.05, 0) is 36.4 Å². The standard InChI is InChI=1S/C14H11ClN4S/c15-11-1-3-12(4-2-11)20-9-13-17-14(19-18-13)10-5-7-16-8-6-10/h1-8H,9H2,(H,17,18,19). The van der Waals surface area contributed by atoms with Crippen molar-refractivity contribution in [2.24, 2.45) is 0 Å². The van der Waals surface area contributed by atoms with E-state index in [2.05, 4.69) is 20.2 Å². The Hall–Kier alpha value is -1.85. The smallest absolute Gasteiger partial charge is 0.161 e. The Morgan fingerprint density at radius 3 is 2.55 bits per heavy atom. The number of hydrogen-bond acceptors (Lipinski definition) is 4. The SMILES string of the molecule is Clc1ccc(SCc2n[nH]c(-c3ccncc3)n2)cc1. The first-order valence-electron chi connectivity index (χ1n) is 6.01. The summed E-state index contributed by atoms with van der Waals surface area (Å²) in [6.07, 6.45) is 3.47. The fraction of sp³-hybridized carbons (Fsp3) is 0.0714. The molecule has 1 N–H and O–H groups in total. The number of nitrogens with one attached hydrogen (secondary N) is 1. The van der Waals surface area contributed by atoms with Gasteiger partial charge < -0.3 is 0 Å². The minimum absolute atomic E-state index is 0.712. The lowest BCUT2D eigenvalue weighted by molar-refractivity contribution is 1.03. The number of halogens is 1. The van der Waals surface area contributed by atoms with Crippen molar-refractivity contribution in [2.75, 3.05) is 0 Å². The largest absolute Gasteiger partial charge is 0.265 e. The van der Waals surface area contributed by atoms with Gasteiger partial charge in [-0.2, -0.15) is 5.10 Å². The van der Waals surface area contributed by atoms with E-state index in [0.717, 1.165) is 27.1 Å². The third-order valence-electron chi connectivity index (χ3n) is 2.67. The van der Waals surface area contributed by atoms with Gasteiger partial charge in [-0.25, -0.2) is 4.98 Å². The molecule has 0 fully saturated rings. The van der Waals surface area contributed by atoms with E-state index in [1.165, 1.54) is 0 Å². The molecule has 4 nitrogen and oxygen atoms in total. The zero-order valence-electron chi connectivity index (χ0n) is 10.5. The number of aromatic amines is 1. The summed E-state index contributed by atoms with van der Waals surface area (Å²) >= 11 is 7.53. The second kappa shape index (κ2) is 6.07. The van der Waals surface area contributed by atoms with Crippen LogP contribution in [0.2, 0.25) is 5.02 Å². The summed E-state index contributed by atoms with van der Waals surface area (Å²) in [6, 6.07) is 11.5. The first kappa shape index (κ1) is 13.1. The molecule has 0 atom stereocenters. The highest BCUT2D eigenvalue weighted by atomic mass is 35.5. The van der Waals surface area contributed by atoms with Gasteiger partial charge in [-0.1, -0.05) is 11.6 Å². The number of benzene rings is 1. The van der Waals surface area contributed by atoms with Crippen molar-refractivity contribution in [1.82, 2.24) is 20.2 Å². The molecule has 2 aromatic heterocycles. The topological polar surface area (TPSA) is 54.5 Å². The Labute approximate surface area is 125 Å². The molecule has 2 heterocycles. The molecular formula is C14H11ClN4S. The van der Waals surface area contributed by atoms with Crippen LogP contribution in [0.3, 0.4) is 0 Å². The fourth-order valence-corrected chi connectivity index (χ4v) is 2.56. The highest BCUT2D eigenvalue weighted by Crippen LogP contribution is 2.23. The molecule has 0 radical (unpaired) electrons. The summed E-state index contributed by atoms with van der Waals surface area (Å²) in [7, 11) is 0. The molecule has 0 aliphatic carbocycles. The molecule has 0 amide bonds. The van der Waals surface area contributed by atoms with E-state index in [1.54, 1.807) is 24.2 Å². The molecule has 0 aliphatic rings. The van der Waals surface area contributed by atoms with Gasteiger partial charge in [0.15, 0.2) is 11.6 Å². The zero-order valence-corrected chi connectivity index (χ0v) is 12.0. The quantitative estimate of drug-likeness (QED) is 0.745. The number of rotatable bonds is 4. The molecule has 0 saturated heterocycles. The molecule has 100 valence electrons. The van der Waals surface area contributed by atoms with Crippen LogP contribution in [0.15, 0.2) is 53.7 Å². The van der Waals surface area contributed by atoms with Gasteiger partial charge in [0, 0.05) is 27.9 Å². The third-order valence-corrected chi connectivity index (χ3v) is 3.93. The second-order valence-electron chi connectivity index (χ2n) is 4.08. The molecule has 20 heavy (non-hydrogen) atoms. The first-order chi connectivity index (χ1) is 9.81. The summed E-state index contributed by atoms with van der Waals surface area (Å²) in [5.41, 5.74) is 0.982. The van der Waals surface area contributed by atoms with Crippen LogP contribution >= 0.6 is 23.4 Å². The van der Waals surface area contributed by atoms with E-state index < -0.39 is 0 Å². The molecule has 0 bridgehead atoms. The summed E-state index contributed by atoms with van der Waals surface area (Å²) in [6.45, 7) is 0. The van der Waals surface area contributed by atoms with Crippen molar-refractivity contribution in [2.45, 2.75) is 10.6 Å². The van der Waals surface area contributed by atoms with Gasteiger partial charge in [0.1, 0.15) is 0 Å². The van der Waals surface area contributed by atoms with Gasteiger partial charge in [0.05, 0.1) is 5.75 Å². The van der Waals surface area contributed by atoms with Crippen LogP contribution < -0.4 is 0 Å². The van der Waals surface area contributed by atoms with Crippen LogP contribution in [0.25, 0.3) is 11.4 Å². The zero-order chi connectivity index (χ0) is 13.8. The van der Waals surface area contributed by atoms with E-state index in [4.69, 9.17) is 11.6 Å². The van der Waals surface area contributed by atoms with E-state index in [9.17, 15) is 0 Å². The van der Waals surface area contributed by atoms with Crippen LogP contribution in [0.4, 0.5) is 0 Å². The number of hydrogen-bond donors (Lipinski definition) is 1. The van der Waals surface area contributed by atoms with Crippen molar-refractivity contribution < 1.29 is 0 Å².